The molecule has 0 atom stereocenters. The fourth-order valence-electron chi connectivity index (χ4n) is 3.37. The fourth-order valence-corrected chi connectivity index (χ4v) is 4.09. The Hall–Kier alpha value is -2.08. The van der Waals surface area contributed by atoms with Crippen LogP contribution in [0.15, 0.2) is 34.1 Å². The van der Waals surface area contributed by atoms with Crippen LogP contribution in [0.25, 0.3) is 11.4 Å². The Kier molecular flexibility index (Phi) is 15.5. The number of rotatable bonds is 6. The third-order valence-electron chi connectivity index (χ3n) is 4.81. The fraction of sp³-hybridized carbons (Fsp3) is 0.296. The minimum absolute atomic E-state index is 0. The summed E-state index contributed by atoms with van der Waals surface area (Å²) in [4.78, 5) is 4.10. The average molecular weight is 867 g/mol. The van der Waals surface area contributed by atoms with Crippen LogP contribution in [0.5, 0.6) is 0 Å². The maximum absolute atomic E-state index is 13.9. The van der Waals surface area contributed by atoms with Crippen molar-refractivity contribution < 1.29 is 46.9 Å². The van der Waals surface area contributed by atoms with Crippen molar-refractivity contribution in [3.63, 3.8) is 0 Å². The van der Waals surface area contributed by atoms with Crippen LogP contribution in [0.1, 0.15) is 33.3 Å². The Morgan fingerprint density at radius 3 is 2.10 bits per heavy atom. The molecule has 0 fully saturated rings. The van der Waals surface area contributed by atoms with Gasteiger partial charge in [-0.1, -0.05) is 60.0 Å². The summed E-state index contributed by atoms with van der Waals surface area (Å²) in [7, 11) is 0. The summed E-state index contributed by atoms with van der Waals surface area (Å²) in [6, 6.07) is 8.97. The molecular formula is C27H30Br2F4IrN6-. The molecule has 3 aromatic rings. The minimum Gasteiger partial charge on any atom is -0.409 e. The van der Waals surface area contributed by atoms with Crippen molar-refractivity contribution in [3.8, 4) is 11.4 Å². The molecule has 0 unspecified atom stereocenters. The van der Waals surface area contributed by atoms with Gasteiger partial charge in [-0.25, -0.2) is 6.07 Å². The van der Waals surface area contributed by atoms with Crippen LogP contribution < -0.4 is 0 Å². The molecule has 0 radical (unpaired) electrons. The van der Waals surface area contributed by atoms with E-state index in [9.17, 15) is 17.6 Å². The summed E-state index contributed by atoms with van der Waals surface area (Å²) in [5, 5.41) is 8.85. The van der Waals surface area contributed by atoms with Crippen LogP contribution in [0, 0.1) is 73.3 Å². The van der Waals surface area contributed by atoms with E-state index in [0.717, 1.165) is 24.3 Å². The number of hydrogen-bond acceptors (Lipinski definition) is 3. The smallest absolute Gasteiger partial charge is 0.409 e. The van der Waals surface area contributed by atoms with Crippen LogP contribution in [-0.2, 0) is 26.7 Å². The summed E-state index contributed by atoms with van der Waals surface area (Å²) < 4.78 is 58.4. The second-order valence-electron chi connectivity index (χ2n) is 8.96. The van der Waals surface area contributed by atoms with Crippen molar-refractivity contribution in [1.29, 1.82) is 0 Å². The zero-order valence-corrected chi connectivity index (χ0v) is 28.4. The van der Waals surface area contributed by atoms with E-state index in [-0.39, 0.29) is 46.1 Å². The first-order valence-electron chi connectivity index (χ1n) is 11.2. The molecule has 0 amide bonds. The molecule has 13 heteroatoms. The van der Waals surface area contributed by atoms with Gasteiger partial charge in [-0.2, -0.15) is 11.2 Å². The van der Waals surface area contributed by atoms with Crippen LogP contribution in [-0.4, -0.2) is 37.3 Å². The summed E-state index contributed by atoms with van der Waals surface area (Å²) in [5.41, 5.74) is 0.269. The summed E-state index contributed by atoms with van der Waals surface area (Å²) in [6.07, 6.45) is 0.443. The first kappa shape index (κ1) is 37.9. The molecule has 1 aliphatic rings. The van der Waals surface area contributed by atoms with E-state index >= 15 is 0 Å². The number of aromatic nitrogens is 3. The molecule has 0 aliphatic carbocycles. The second kappa shape index (κ2) is 16.4. The number of hydrogen-bond donors (Lipinski definition) is 0. The van der Waals surface area contributed by atoms with Crippen molar-refractivity contribution in [2.45, 2.75) is 34.2 Å². The first-order valence-corrected chi connectivity index (χ1v) is 12.8. The Morgan fingerprint density at radius 2 is 1.57 bits per heavy atom. The molecule has 6 nitrogen and oxygen atoms in total. The van der Waals surface area contributed by atoms with Crippen LogP contribution >= 0.6 is 31.9 Å². The van der Waals surface area contributed by atoms with E-state index in [1.165, 1.54) is 4.58 Å². The number of nitrogens with zero attached hydrogens (tertiary/aromatic N) is 6. The predicted octanol–water partition coefficient (Wildman–Crippen LogP) is 7.63. The van der Waals surface area contributed by atoms with Crippen molar-refractivity contribution in [2.75, 3.05) is 6.54 Å². The SMILES string of the molecule is C=[N+]1[C-](Br)N=[N+](CC(C)C)[C-]1c1[c-]cc(F)cc1F.CC(C)Cn1nc(Br)nc1-c1[c-]cc(F)cc1F.[CH3-].[CH3-].[Ir+3]. The molecule has 40 heavy (non-hydrogen) atoms. The molecule has 2 heterocycles. The molecule has 0 spiro atoms. The van der Waals surface area contributed by atoms with Gasteiger partial charge in [-0.15, -0.1) is 24.4 Å². The molecular weight excluding hydrogens is 836 g/mol. The van der Waals surface area contributed by atoms with Crippen LogP contribution in [0.2, 0.25) is 0 Å². The van der Waals surface area contributed by atoms with Crippen LogP contribution in [0.4, 0.5) is 17.6 Å². The molecule has 220 valence electrons. The van der Waals surface area contributed by atoms with Gasteiger partial charge >= 0.3 is 20.1 Å². The summed E-state index contributed by atoms with van der Waals surface area (Å²) in [5.74, 6) is -1.70. The minimum atomic E-state index is -0.695. The number of benzene rings is 2. The zero-order valence-electron chi connectivity index (χ0n) is 22.9. The molecule has 1 aromatic heterocycles. The van der Waals surface area contributed by atoms with Gasteiger partial charge < -0.3 is 28.2 Å². The normalized spacial score (nSPS) is 12.4. The summed E-state index contributed by atoms with van der Waals surface area (Å²) >= 11 is 6.41. The molecule has 0 saturated heterocycles. The topological polar surface area (TPSA) is 49.1 Å². The van der Waals surface area contributed by atoms with Gasteiger partial charge in [-0.3, -0.25) is 24.5 Å². The van der Waals surface area contributed by atoms with Crippen LogP contribution in [0.3, 0.4) is 0 Å². The standard InChI is InChI=1S/C13H13BrF2N3.C12H11BrF2N3.2CH3.Ir/c1-8(2)7-19-12(18(3)13(14)17-19)10-5-4-9(15)6-11(10)16;1-7(2)6-18-11(16-12(13)17-18)9-4-3-8(14)5-10(9)15;;;/h4,6,8H,3,7H2,1-2H3;3,5,7H,6H2,1-2H3;2*1H3;/q4*-1;+3. The Balaban J connectivity index is 0.000000708. The molecule has 4 rings (SSSR count). The van der Waals surface area contributed by atoms with E-state index in [1.54, 1.807) is 9.38 Å². The quantitative estimate of drug-likeness (QED) is 0.111. The van der Waals surface area contributed by atoms with Gasteiger partial charge in [0.15, 0.2) is 6.17 Å². The average Bonchev–Trinajstić information content (AvgIpc) is 3.26. The molecule has 2 aromatic carbocycles. The molecule has 0 bridgehead atoms. The van der Waals surface area contributed by atoms with Gasteiger partial charge in [0.1, 0.15) is 6.54 Å². The van der Waals surface area contributed by atoms with Crippen molar-refractivity contribution in [3.05, 3.63) is 96.1 Å². The van der Waals surface area contributed by atoms with Gasteiger partial charge in [0.2, 0.25) is 4.73 Å². The number of halogens is 6. The molecule has 0 N–H and O–H groups in total. The Labute approximate surface area is 264 Å². The maximum atomic E-state index is 13.9. The predicted molar refractivity (Wildman–Crippen MR) is 149 cm³/mol. The Bertz CT molecular complexity index is 1320. The van der Waals surface area contributed by atoms with Gasteiger partial charge in [0.25, 0.3) is 5.08 Å². The first-order chi connectivity index (χ1) is 17.4. The zero-order chi connectivity index (χ0) is 27.4. The third kappa shape index (κ3) is 9.49. The van der Waals surface area contributed by atoms with Crippen molar-refractivity contribution >= 4 is 38.6 Å². The maximum Gasteiger partial charge on any atom is 3.00 e. The Morgan fingerprint density at radius 1 is 1.00 bits per heavy atom. The molecule has 0 saturated carbocycles. The number of azo groups is 2. The third-order valence-corrected chi connectivity index (χ3v) is 5.73. The van der Waals surface area contributed by atoms with E-state index in [0.29, 0.717) is 46.7 Å². The van der Waals surface area contributed by atoms with E-state index in [2.05, 4.69) is 65.9 Å². The summed E-state index contributed by atoms with van der Waals surface area (Å²) in [6.45, 7) is 13.1. The van der Waals surface area contributed by atoms with E-state index in [4.69, 9.17) is 0 Å². The largest absolute Gasteiger partial charge is 3.00 e. The van der Waals surface area contributed by atoms with Crippen molar-refractivity contribution in [1.82, 2.24) is 14.8 Å². The van der Waals surface area contributed by atoms with E-state index in [1.807, 2.05) is 27.7 Å². The van der Waals surface area contributed by atoms with Gasteiger partial charge in [0.05, 0.1) is 10.9 Å². The monoisotopic (exact) mass is 865 g/mol. The van der Waals surface area contributed by atoms with Gasteiger partial charge in [-0.05, 0) is 33.5 Å². The second-order valence-corrected chi connectivity index (χ2v) is 10.4. The van der Waals surface area contributed by atoms with Gasteiger partial charge in [0, 0.05) is 24.1 Å². The molecule has 1 aliphatic heterocycles. The van der Waals surface area contributed by atoms with Crippen molar-refractivity contribution in [2.24, 2.45) is 17.0 Å². The van der Waals surface area contributed by atoms with E-state index < -0.39 is 23.3 Å².